The highest BCUT2D eigenvalue weighted by atomic mass is 16.6. The molecule has 0 fully saturated rings. The van der Waals surface area contributed by atoms with Crippen molar-refractivity contribution >= 4 is 5.82 Å². The molecule has 0 saturated carbocycles. The van der Waals surface area contributed by atoms with E-state index in [1.165, 1.54) is 17.7 Å². The summed E-state index contributed by atoms with van der Waals surface area (Å²) >= 11 is 0. The molecule has 0 saturated heterocycles. The van der Waals surface area contributed by atoms with E-state index in [0.29, 0.717) is 0 Å². The van der Waals surface area contributed by atoms with Crippen molar-refractivity contribution in [1.82, 2.24) is 9.55 Å². The monoisotopic (exact) mass is 305 g/mol. The molecule has 0 bridgehead atoms. The Balaban J connectivity index is 2.50. The highest BCUT2D eigenvalue weighted by Crippen LogP contribution is 2.34. The predicted octanol–water partition coefficient (Wildman–Crippen LogP) is 2.41. The molecule has 22 heavy (non-hydrogen) atoms. The van der Waals surface area contributed by atoms with Gasteiger partial charge in [-0.25, -0.2) is 9.55 Å². The largest absolute Gasteiger partial charge is 0.508 e. The first-order valence-electron chi connectivity index (χ1n) is 6.80. The Morgan fingerprint density at radius 1 is 1.36 bits per heavy atom. The van der Waals surface area contributed by atoms with Crippen molar-refractivity contribution in [2.24, 2.45) is 7.05 Å². The number of benzene rings is 1. The Morgan fingerprint density at radius 2 is 2.00 bits per heavy atom. The SMILES string of the molecule is Cn1c([N+](=O)[O-])cnc1[C@@H](O)c1cc(C(C)(C)C)ccc1O. The van der Waals surface area contributed by atoms with Crippen molar-refractivity contribution in [2.75, 3.05) is 0 Å². The van der Waals surface area contributed by atoms with Crippen LogP contribution in [-0.2, 0) is 12.5 Å². The molecule has 0 unspecified atom stereocenters. The third-order valence-corrected chi connectivity index (χ3v) is 3.62. The summed E-state index contributed by atoms with van der Waals surface area (Å²) in [7, 11) is 1.45. The number of aliphatic hydroxyl groups excluding tert-OH is 1. The number of aliphatic hydroxyl groups is 1. The maximum Gasteiger partial charge on any atom is 0.342 e. The van der Waals surface area contributed by atoms with Crippen molar-refractivity contribution in [2.45, 2.75) is 32.3 Å². The maximum atomic E-state index is 10.9. The maximum absolute atomic E-state index is 10.9. The van der Waals surface area contributed by atoms with Gasteiger partial charge in [-0.15, -0.1) is 0 Å². The number of hydrogen-bond acceptors (Lipinski definition) is 5. The number of imidazole rings is 1. The van der Waals surface area contributed by atoms with Crippen LogP contribution in [0.1, 0.15) is 43.8 Å². The highest BCUT2D eigenvalue weighted by Gasteiger charge is 2.27. The van der Waals surface area contributed by atoms with E-state index in [4.69, 9.17) is 0 Å². The summed E-state index contributed by atoms with van der Waals surface area (Å²) in [5, 5.41) is 31.3. The van der Waals surface area contributed by atoms with Gasteiger partial charge in [-0.05, 0) is 28.0 Å². The minimum Gasteiger partial charge on any atom is -0.508 e. The van der Waals surface area contributed by atoms with Gasteiger partial charge in [0, 0.05) is 5.56 Å². The fraction of sp³-hybridized carbons (Fsp3) is 0.400. The van der Waals surface area contributed by atoms with Crippen molar-refractivity contribution in [3.8, 4) is 5.75 Å². The number of phenols is 1. The van der Waals surface area contributed by atoms with E-state index in [9.17, 15) is 20.3 Å². The smallest absolute Gasteiger partial charge is 0.342 e. The molecule has 2 N–H and O–H groups in total. The van der Waals surface area contributed by atoms with Gasteiger partial charge < -0.3 is 20.3 Å². The standard InChI is InChI=1S/C15H19N3O4/c1-15(2,3)9-5-6-11(19)10(7-9)13(20)14-16-8-12(17(14)4)18(21)22/h5-8,13,19-20H,1-4H3/t13-/m0/s1. The first-order valence-corrected chi connectivity index (χ1v) is 6.80. The van der Waals surface area contributed by atoms with Crippen molar-refractivity contribution in [3.63, 3.8) is 0 Å². The first-order chi connectivity index (χ1) is 10.1. The van der Waals surface area contributed by atoms with Gasteiger partial charge in [-0.2, -0.15) is 0 Å². The van der Waals surface area contributed by atoms with Crippen LogP contribution in [0.2, 0.25) is 0 Å². The average molecular weight is 305 g/mol. The number of hydrogen-bond donors (Lipinski definition) is 2. The molecule has 0 aliphatic rings. The molecule has 0 radical (unpaired) electrons. The molecular weight excluding hydrogens is 286 g/mol. The second kappa shape index (κ2) is 5.42. The van der Waals surface area contributed by atoms with Crippen LogP contribution in [0, 0.1) is 10.1 Å². The Hall–Kier alpha value is -2.41. The lowest BCUT2D eigenvalue weighted by Crippen LogP contribution is -2.13. The lowest BCUT2D eigenvalue weighted by molar-refractivity contribution is -0.391. The van der Waals surface area contributed by atoms with E-state index in [2.05, 4.69) is 4.98 Å². The summed E-state index contributed by atoms with van der Waals surface area (Å²) in [5.41, 5.74) is 1.05. The topological polar surface area (TPSA) is 101 Å². The fourth-order valence-corrected chi connectivity index (χ4v) is 2.22. The predicted molar refractivity (Wildman–Crippen MR) is 80.7 cm³/mol. The molecule has 1 atom stereocenters. The third kappa shape index (κ3) is 2.80. The number of phenolic OH excluding ortho intramolecular Hbond substituents is 1. The summed E-state index contributed by atoms with van der Waals surface area (Å²) < 4.78 is 1.20. The summed E-state index contributed by atoms with van der Waals surface area (Å²) in [6.07, 6.45) is -0.163. The van der Waals surface area contributed by atoms with Crippen LogP contribution in [0.3, 0.4) is 0 Å². The molecule has 0 amide bonds. The van der Waals surface area contributed by atoms with Crippen LogP contribution in [0.25, 0.3) is 0 Å². The van der Waals surface area contributed by atoms with Crippen LogP contribution >= 0.6 is 0 Å². The average Bonchev–Trinajstić information content (AvgIpc) is 2.79. The minimum absolute atomic E-state index is 0.0776. The third-order valence-electron chi connectivity index (χ3n) is 3.62. The van der Waals surface area contributed by atoms with E-state index in [1.807, 2.05) is 20.8 Å². The van der Waals surface area contributed by atoms with E-state index in [-0.39, 0.29) is 28.4 Å². The Bertz CT molecular complexity index is 716. The van der Waals surface area contributed by atoms with Crippen LogP contribution < -0.4 is 0 Å². The quantitative estimate of drug-likeness (QED) is 0.669. The molecule has 1 heterocycles. The zero-order chi connectivity index (χ0) is 16.7. The fourth-order valence-electron chi connectivity index (χ4n) is 2.22. The lowest BCUT2D eigenvalue weighted by Gasteiger charge is -2.21. The number of rotatable bonds is 3. The molecule has 0 aliphatic carbocycles. The van der Waals surface area contributed by atoms with Gasteiger partial charge in [0.1, 0.15) is 11.9 Å². The molecule has 0 spiro atoms. The van der Waals surface area contributed by atoms with E-state index < -0.39 is 11.0 Å². The summed E-state index contributed by atoms with van der Waals surface area (Å²) in [5.74, 6) is -0.195. The van der Waals surface area contributed by atoms with E-state index >= 15 is 0 Å². The van der Waals surface area contributed by atoms with Gasteiger partial charge in [0.15, 0.2) is 6.10 Å². The molecular formula is C15H19N3O4. The van der Waals surface area contributed by atoms with Gasteiger partial charge >= 0.3 is 5.82 Å². The summed E-state index contributed by atoms with van der Waals surface area (Å²) in [6, 6.07) is 4.99. The van der Waals surface area contributed by atoms with Gasteiger partial charge in [0.05, 0.1) is 7.05 Å². The van der Waals surface area contributed by atoms with Crippen LogP contribution in [-0.4, -0.2) is 24.7 Å². The number of nitrogens with zero attached hydrogens (tertiary/aromatic N) is 3. The molecule has 7 heteroatoms. The zero-order valence-corrected chi connectivity index (χ0v) is 12.9. The normalized spacial score (nSPS) is 13.1. The lowest BCUT2D eigenvalue weighted by atomic mass is 9.85. The molecule has 2 rings (SSSR count). The highest BCUT2D eigenvalue weighted by molar-refractivity contribution is 5.42. The van der Waals surface area contributed by atoms with Gasteiger partial charge in [-0.1, -0.05) is 26.8 Å². The Labute approximate surface area is 128 Å². The minimum atomic E-state index is -1.25. The number of nitro groups is 1. The first kappa shape index (κ1) is 16.0. The number of aromatic hydroxyl groups is 1. The van der Waals surface area contributed by atoms with Crippen molar-refractivity contribution < 1.29 is 15.1 Å². The second-order valence-electron chi connectivity index (χ2n) is 6.22. The zero-order valence-electron chi connectivity index (χ0n) is 12.9. The van der Waals surface area contributed by atoms with Crippen LogP contribution in [0.4, 0.5) is 5.82 Å². The van der Waals surface area contributed by atoms with Gasteiger partial charge in [0.25, 0.3) is 0 Å². The van der Waals surface area contributed by atoms with E-state index in [1.54, 1.807) is 12.1 Å². The Morgan fingerprint density at radius 3 is 2.50 bits per heavy atom. The second-order valence-corrected chi connectivity index (χ2v) is 6.22. The molecule has 7 nitrogen and oxygen atoms in total. The molecule has 1 aromatic heterocycles. The summed E-state index contributed by atoms with van der Waals surface area (Å²) in [4.78, 5) is 14.2. The molecule has 0 aliphatic heterocycles. The van der Waals surface area contributed by atoms with E-state index in [0.717, 1.165) is 11.8 Å². The number of aromatic nitrogens is 2. The van der Waals surface area contributed by atoms with Gasteiger partial charge in [-0.3, -0.25) is 0 Å². The molecule has 118 valence electrons. The molecule has 2 aromatic rings. The van der Waals surface area contributed by atoms with Gasteiger partial charge in [0.2, 0.25) is 5.82 Å². The molecule has 1 aromatic carbocycles. The van der Waals surface area contributed by atoms with Crippen LogP contribution in [0.15, 0.2) is 24.4 Å². The van der Waals surface area contributed by atoms with Crippen LogP contribution in [0.5, 0.6) is 5.75 Å². The summed E-state index contributed by atoms with van der Waals surface area (Å²) in [6.45, 7) is 6.05. The van der Waals surface area contributed by atoms with Crippen molar-refractivity contribution in [1.29, 1.82) is 0 Å². The Kier molecular flexibility index (Phi) is 3.93. The van der Waals surface area contributed by atoms with Crippen molar-refractivity contribution in [3.05, 3.63) is 51.5 Å².